The number of nitrogens with one attached hydrogen (secondary N) is 1. The summed E-state index contributed by atoms with van der Waals surface area (Å²) in [4.78, 5) is 12.7. The fraction of sp³-hybridized carbons (Fsp3) is 0.500. The van der Waals surface area contributed by atoms with Crippen LogP contribution in [0.2, 0.25) is 0 Å². The first-order valence-corrected chi connectivity index (χ1v) is 8.64. The Morgan fingerprint density at radius 3 is 2.44 bits per heavy atom. The van der Waals surface area contributed by atoms with Crippen molar-refractivity contribution in [1.82, 2.24) is 10.5 Å². The zero-order valence-corrected chi connectivity index (χ0v) is 16.0. The lowest BCUT2D eigenvalue weighted by Crippen LogP contribution is -2.37. The predicted molar refractivity (Wildman–Crippen MR) is 98.8 cm³/mol. The third-order valence-corrected chi connectivity index (χ3v) is 4.30. The maximum Gasteiger partial charge on any atom is 0.257 e. The molecule has 0 radical (unpaired) electrons. The molecule has 0 unspecified atom stereocenters. The van der Waals surface area contributed by atoms with Crippen LogP contribution in [0.3, 0.4) is 0 Å². The van der Waals surface area contributed by atoms with Crippen LogP contribution >= 0.6 is 0 Å². The molecule has 1 heterocycles. The molecule has 1 amide bonds. The Balaban J connectivity index is 2.31. The summed E-state index contributed by atoms with van der Waals surface area (Å²) in [5, 5.41) is 6.99. The summed E-state index contributed by atoms with van der Waals surface area (Å²) in [6.07, 6.45) is 0.791. The fourth-order valence-corrected chi connectivity index (χ4v) is 2.68. The summed E-state index contributed by atoms with van der Waals surface area (Å²) >= 11 is 0. The molecule has 0 bridgehead atoms. The normalized spacial score (nSPS) is 12.9. The average molecular weight is 344 g/mol. The van der Waals surface area contributed by atoms with E-state index in [-0.39, 0.29) is 17.4 Å². The lowest BCUT2D eigenvalue weighted by Gasteiger charge is -2.19. The van der Waals surface area contributed by atoms with Crippen LogP contribution in [-0.4, -0.2) is 30.8 Å². The van der Waals surface area contributed by atoms with Gasteiger partial charge in [0, 0.05) is 12.7 Å². The maximum absolute atomic E-state index is 12.7. The van der Waals surface area contributed by atoms with Gasteiger partial charge < -0.3 is 14.6 Å². The lowest BCUT2D eigenvalue weighted by molar-refractivity contribution is 0.0894. The number of aryl methyl sites for hydroxylation is 1. The van der Waals surface area contributed by atoms with Crippen LogP contribution in [0.5, 0.6) is 0 Å². The number of hydrogen-bond acceptors (Lipinski definition) is 4. The van der Waals surface area contributed by atoms with E-state index >= 15 is 0 Å². The topological polar surface area (TPSA) is 64.4 Å². The first kappa shape index (κ1) is 19.2. The van der Waals surface area contributed by atoms with E-state index in [1.54, 1.807) is 14.0 Å². The average Bonchev–Trinajstić information content (AvgIpc) is 2.95. The van der Waals surface area contributed by atoms with Gasteiger partial charge in [0.2, 0.25) is 0 Å². The van der Waals surface area contributed by atoms with Crippen LogP contribution in [0.4, 0.5) is 0 Å². The maximum atomic E-state index is 12.7. The van der Waals surface area contributed by atoms with E-state index in [0.29, 0.717) is 23.6 Å². The molecule has 5 heteroatoms. The SMILES string of the molecule is CC[C@@H](COC)NC(=O)c1c(C)noc1-c1ccc(C(C)(C)C)cc1. The number of benzene rings is 1. The summed E-state index contributed by atoms with van der Waals surface area (Å²) in [7, 11) is 1.63. The third kappa shape index (κ3) is 4.48. The fourth-order valence-electron chi connectivity index (χ4n) is 2.68. The van der Waals surface area contributed by atoms with E-state index in [4.69, 9.17) is 9.26 Å². The van der Waals surface area contributed by atoms with Gasteiger partial charge in [-0.1, -0.05) is 57.1 Å². The smallest absolute Gasteiger partial charge is 0.257 e. The van der Waals surface area contributed by atoms with Crippen molar-refractivity contribution in [2.45, 2.75) is 52.5 Å². The van der Waals surface area contributed by atoms with Gasteiger partial charge in [0.05, 0.1) is 18.3 Å². The van der Waals surface area contributed by atoms with E-state index in [0.717, 1.165) is 12.0 Å². The van der Waals surface area contributed by atoms with Crippen molar-refractivity contribution >= 4 is 5.91 Å². The van der Waals surface area contributed by atoms with Gasteiger partial charge in [-0.3, -0.25) is 4.79 Å². The summed E-state index contributed by atoms with van der Waals surface area (Å²) < 4.78 is 10.6. The largest absolute Gasteiger partial charge is 0.383 e. The lowest BCUT2D eigenvalue weighted by atomic mass is 9.86. The van der Waals surface area contributed by atoms with Gasteiger partial charge in [-0.2, -0.15) is 0 Å². The summed E-state index contributed by atoms with van der Waals surface area (Å²) in [6.45, 7) is 10.8. The molecule has 2 rings (SSSR count). The molecule has 0 fully saturated rings. The van der Waals surface area contributed by atoms with Gasteiger partial charge in [-0.05, 0) is 24.3 Å². The Kier molecular flexibility index (Phi) is 6.01. The van der Waals surface area contributed by atoms with E-state index in [2.05, 4.69) is 43.4 Å². The van der Waals surface area contributed by atoms with Crippen LogP contribution in [0, 0.1) is 6.92 Å². The van der Waals surface area contributed by atoms with Crippen molar-refractivity contribution in [3.63, 3.8) is 0 Å². The summed E-state index contributed by atoms with van der Waals surface area (Å²) in [5.74, 6) is 0.320. The molecule has 25 heavy (non-hydrogen) atoms. The number of carbonyl (C=O) groups excluding carboxylic acids is 1. The molecule has 0 aliphatic heterocycles. The van der Waals surface area contributed by atoms with Crippen LogP contribution in [-0.2, 0) is 10.2 Å². The first-order chi connectivity index (χ1) is 11.8. The quantitative estimate of drug-likeness (QED) is 0.857. The molecular formula is C20H28N2O3. The molecule has 1 N–H and O–H groups in total. The minimum atomic E-state index is -0.183. The Morgan fingerprint density at radius 2 is 1.92 bits per heavy atom. The number of ether oxygens (including phenoxy) is 1. The van der Waals surface area contributed by atoms with E-state index < -0.39 is 0 Å². The van der Waals surface area contributed by atoms with Crippen LogP contribution in [0.15, 0.2) is 28.8 Å². The molecule has 5 nitrogen and oxygen atoms in total. The van der Waals surface area contributed by atoms with Gasteiger partial charge in [0.25, 0.3) is 5.91 Å². The third-order valence-electron chi connectivity index (χ3n) is 4.30. The Morgan fingerprint density at radius 1 is 1.28 bits per heavy atom. The van der Waals surface area contributed by atoms with Crippen LogP contribution in [0.1, 0.15) is 55.7 Å². The number of amides is 1. The number of aromatic nitrogens is 1. The molecule has 0 saturated heterocycles. The summed E-state index contributed by atoms with van der Waals surface area (Å²) in [6, 6.07) is 8.04. The van der Waals surface area contributed by atoms with Crippen molar-refractivity contribution in [3.05, 3.63) is 41.1 Å². The molecular weight excluding hydrogens is 316 g/mol. The molecule has 136 valence electrons. The highest BCUT2D eigenvalue weighted by atomic mass is 16.5. The van der Waals surface area contributed by atoms with E-state index in [1.165, 1.54) is 5.56 Å². The highest BCUT2D eigenvalue weighted by Crippen LogP contribution is 2.29. The Hall–Kier alpha value is -2.14. The second-order valence-corrected chi connectivity index (χ2v) is 7.33. The molecule has 0 aliphatic carbocycles. The number of methoxy groups -OCH3 is 1. The zero-order chi connectivity index (χ0) is 18.6. The van der Waals surface area contributed by atoms with Gasteiger partial charge >= 0.3 is 0 Å². The van der Waals surface area contributed by atoms with Crippen molar-refractivity contribution in [2.24, 2.45) is 0 Å². The van der Waals surface area contributed by atoms with Crippen molar-refractivity contribution in [1.29, 1.82) is 0 Å². The predicted octanol–water partition coefficient (Wildman–Crippen LogP) is 4.10. The molecule has 0 aliphatic rings. The van der Waals surface area contributed by atoms with Gasteiger partial charge in [-0.25, -0.2) is 0 Å². The monoisotopic (exact) mass is 344 g/mol. The second kappa shape index (κ2) is 7.83. The number of rotatable bonds is 6. The van der Waals surface area contributed by atoms with Crippen molar-refractivity contribution in [3.8, 4) is 11.3 Å². The standard InChI is InChI=1S/C20H28N2O3/c1-7-16(12-24-6)21-19(23)17-13(2)22-25-18(17)14-8-10-15(11-9-14)20(3,4)5/h8-11,16H,7,12H2,1-6H3,(H,21,23)/t16-/m0/s1. The molecule has 0 saturated carbocycles. The number of carbonyl (C=O) groups is 1. The van der Waals surface area contributed by atoms with Gasteiger partial charge in [-0.15, -0.1) is 0 Å². The first-order valence-electron chi connectivity index (χ1n) is 8.64. The molecule has 1 aromatic carbocycles. The van der Waals surface area contributed by atoms with Gasteiger partial charge in [0.15, 0.2) is 5.76 Å². The minimum Gasteiger partial charge on any atom is -0.383 e. The van der Waals surface area contributed by atoms with E-state index in [1.807, 2.05) is 19.1 Å². The van der Waals surface area contributed by atoms with Crippen molar-refractivity contribution < 1.29 is 14.1 Å². The van der Waals surface area contributed by atoms with Crippen LogP contribution in [0.25, 0.3) is 11.3 Å². The van der Waals surface area contributed by atoms with Crippen LogP contribution < -0.4 is 5.32 Å². The zero-order valence-electron chi connectivity index (χ0n) is 16.0. The Labute approximate surface area is 149 Å². The molecule has 1 atom stereocenters. The summed E-state index contributed by atoms with van der Waals surface area (Å²) in [5.41, 5.74) is 3.21. The Bertz CT molecular complexity index is 712. The van der Waals surface area contributed by atoms with Gasteiger partial charge in [0.1, 0.15) is 5.56 Å². The molecule has 2 aromatic rings. The second-order valence-electron chi connectivity index (χ2n) is 7.33. The highest BCUT2D eigenvalue weighted by molar-refractivity contribution is 6.00. The molecule has 1 aromatic heterocycles. The minimum absolute atomic E-state index is 0.0390. The molecule has 0 spiro atoms. The van der Waals surface area contributed by atoms with Crippen molar-refractivity contribution in [2.75, 3.05) is 13.7 Å². The number of hydrogen-bond donors (Lipinski definition) is 1. The highest BCUT2D eigenvalue weighted by Gasteiger charge is 2.24. The van der Waals surface area contributed by atoms with E-state index in [9.17, 15) is 4.79 Å². The number of nitrogens with zero attached hydrogens (tertiary/aromatic N) is 1.